The monoisotopic (exact) mass is 271 g/mol. The van der Waals surface area contributed by atoms with Crippen LogP contribution in [0, 0.1) is 5.92 Å². The molecule has 0 spiro atoms. The zero-order valence-corrected chi connectivity index (χ0v) is 11.3. The minimum Gasteiger partial charge on any atom is -0.382 e. The van der Waals surface area contributed by atoms with E-state index < -0.39 is 12.6 Å². The van der Waals surface area contributed by atoms with E-state index in [0.29, 0.717) is 19.1 Å². The highest BCUT2D eigenvalue weighted by Gasteiger charge is 2.26. The van der Waals surface area contributed by atoms with Crippen LogP contribution in [0.2, 0.25) is 0 Å². The summed E-state index contributed by atoms with van der Waals surface area (Å²) < 4.78 is 46.1. The van der Waals surface area contributed by atoms with Crippen LogP contribution in [0.1, 0.15) is 26.7 Å². The van der Waals surface area contributed by atoms with Crippen molar-refractivity contribution in [2.24, 2.45) is 5.92 Å². The van der Waals surface area contributed by atoms with E-state index in [-0.39, 0.29) is 19.1 Å². The molecular weight excluding hydrogens is 247 g/mol. The quantitative estimate of drug-likeness (QED) is 0.620. The Hall–Kier alpha value is -0.330. The first-order valence-electron chi connectivity index (χ1n) is 6.23. The Kier molecular flexibility index (Phi) is 9.40. The molecule has 0 aromatic rings. The lowest BCUT2D eigenvalue weighted by molar-refractivity contribution is -0.139. The molecule has 1 N–H and O–H groups in total. The fourth-order valence-electron chi connectivity index (χ4n) is 1.41. The van der Waals surface area contributed by atoms with Crippen LogP contribution >= 0.6 is 0 Å². The van der Waals surface area contributed by atoms with Crippen molar-refractivity contribution in [3.63, 3.8) is 0 Å². The van der Waals surface area contributed by atoms with Crippen molar-refractivity contribution in [3.8, 4) is 0 Å². The van der Waals surface area contributed by atoms with Crippen LogP contribution in [0.3, 0.4) is 0 Å². The van der Waals surface area contributed by atoms with Crippen LogP contribution in [0.4, 0.5) is 13.2 Å². The molecule has 18 heavy (non-hydrogen) atoms. The van der Waals surface area contributed by atoms with Gasteiger partial charge in [0.1, 0.15) is 0 Å². The molecule has 0 radical (unpaired) electrons. The Morgan fingerprint density at radius 3 is 2.33 bits per heavy atom. The molecule has 3 nitrogen and oxygen atoms in total. The maximum absolute atomic E-state index is 11.9. The van der Waals surface area contributed by atoms with E-state index >= 15 is 0 Å². The lowest BCUT2D eigenvalue weighted by atomic mass is 10.2. The Balaban J connectivity index is 3.69. The van der Waals surface area contributed by atoms with E-state index in [9.17, 15) is 13.2 Å². The van der Waals surface area contributed by atoms with Crippen LogP contribution in [0.15, 0.2) is 0 Å². The molecule has 0 saturated heterocycles. The zero-order chi connectivity index (χ0) is 14.0. The van der Waals surface area contributed by atoms with Gasteiger partial charge in [-0.25, -0.2) is 0 Å². The van der Waals surface area contributed by atoms with E-state index in [2.05, 4.69) is 19.2 Å². The van der Waals surface area contributed by atoms with Gasteiger partial charge in [0.25, 0.3) is 0 Å². The number of methoxy groups -OCH3 is 1. The highest BCUT2D eigenvalue weighted by Crippen LogP contribution is 2.21. The molecule has 0 aliphatic heterocycles. The first kappa shape index (κ1) is 17.7. The van der Waals surface area contributed by atoms with E-state index in [4.69, 9.17) is 9.47 Å². The average Bonchev–Trinajstić information content (AvgIpc) is 2.22. The summed E-state index contributed by atoms with van der Waals surface area (Å²) in [5.41, 5.74) is 0. The molecule has 0 saturated carbocycles. The van der Waals surface area contributed by atoms with Gasteiger partial charge in [-0.2, -0.15) is 13.2 Å². The lowest BCUT2D eigenvalue weighted by Gasteiger charge is -2.18. The predicted molar refractivity (Wildman–Crippen MR) is 64.6 cm³/mol. The maximum atomic E-state index is 11.9. The third-order valence-electron chi connectivity index (χ3n) is 2.24. The molecule has 0 bridgehead atoms. The van der Waals surface area contributed by atoms with Gasteiger partial charge in [0.15, 0.2) is 0 Å². The van der Waals surface area contributed by atoms with Gasteiger partial charge in [-0.05, 0) is 18.9 Å². The molecule has 0 amide bonds. The summed E-state index contributed by atoms with van der Waals surface area (Å²) in [5.74, 6) is 0.526. The van der Waals surface area contributed by atoms with Crippen molar-refractivity contribution >= 4 is 0 Å². The van der Waals surface area contributed by atoms with Crippen molar-refractivity contribution in [1.29, 1.82) is 0 Å². The normalized spacial score (nSPS) is 14.2. The molecule has 0 aliphatic rings. The minimum atomic E-state index is -4.10. The molecule has 0 aromatic carbocycles. The summed E-state index contributed by atoms with van der Waals surface area (Å²) in [6, 6.07) is 0. The van der Waals surface area contributed by atoms with Gasteiger partial charge < -0.3 is 14.8 Å². The summed E-state index contributed by atoms with van der Waals surface area (Å²) in [6.45, 7) is 6.11. The number of alkyl halides is 3. The standard InChI is InChI=1S/C12H24F3NO2/c1-10(2)7-16-8-11(9-17-3)18-6-4-5-12(13,14)15/h10-11,16H,4-9H2,1-3H3. The van der Waals surface area contributed by atoms with E-state index in [1.807, 2.05) is 0 Å². The molecule has 0 rings (SSSR count). The SMILES string of the molecule is COCC(CNCC(C)C)OCCCC(F)(F)F. The summed E-state index contributed by atoms with van der Waals surface area (Å²) in [4.78, 5) is 0. The van der Waals surface area contributed by atoms with Gasteiger partial charge in [0.2, 0.25) is 0 Å². The number of hydrogen-bond acceptors (Lipinski definition) is 3. The first-order valence-corrected chi connectivity index (χ1v) is 6.23. The van der Waals surface area contributed by atoms with Gasteiger partial charge in [-0.15, -0.1) is 0 Å². The number of nitrogens with one attached hydrogen (secondary N) is 1. The highest BCUT2D eigenvalue weighted by molar-refractivity contribution is 4.62. The lowest BCUT2D eigenvalue weighted by Crippen LogP contribution is -2.34. The van der Waals surface area contributed by atoms with Crippen molar-refractivity contribution in [2.75, 3.05) is 33.4 Å². The summed E-state index contributed by atoms with van der Waals surface area (Å²) in [5, 5.41) is 3.20. The maximum Gasteiger partial charge on any atom is 0.389 e. The fourth-order valence-corrected chi connectivity index (χ4v) is 1.41. The average molecular weight is 271 g/mol. The first-order chi connectivity index (χ1) is 8.35. The van der Waals surface area contributed by atoms with Gasteiger partial charge in [-0.3, -0.25) is 0 Å². The van der Waals surface area contributed by atoms with Crippen LogP contribution in [0.25, 0.3) is 0 Å². The molecule has 110 valence electrons. The molecule has 1 atom stereocenters. The topological polar surface area (TPSA) is 30.5 Å². The second kappa shape index (κ2) is 9.58. The molecular formula is C12H24F3NO2. The largest absolute Gasteiger partial charge is 0.389 e. The second-order valence-electron chi connectivity index (χ2n) is 4.72. The molecule has 6 heteroatoms. The van der Waals surface area contributed by atoms with E-state index in [1.54, 1.807) is 7.11 Å². The number of halogens is 3. The Labute approximate surface area is 107 Å². The molecule has 1 unspecified atom stereocenters. The third-order valence-corrected chi connectivity index (χ3v) is 2.24. The van der Waals surface area contributed by atoms with Gasteiger partial charge >= 0.3 is 6.18 Å². The van der Waals surface area contributed by atoms with Crippen LogP contribution < -0.4 is 5.32 Å². The summed E-state index contributed by atoms with van der Waals surface area (Å²) in [7, 11) is 1.55. The van der Waals surface area contributed by atoms with Gasteiger partial charge in [0, 0.05) is 26.7 Å². The zero-order valence-electron chi connectivity index (χ0n) is 11.3. The molecule has 0 aromatic heterocycles. The number of hydrogen-bond donors (Lipinski definition) is 1. The van der Waals surface area contributed by atoms with Crippen LogP contribution in [-0.2, 0) is 9.47 Å². The van der Waals surface area contributed by atoms with Gasteiger partial charge in [0.05, 0.1) is 12.7 Å². The Morgan fingerprint density at radius 2 is 1.83 bits per heavy atom. The second-order valence-corrected chi connectivity index (χ2v) is 4.72. The smallest absolute Gasteiger partial charge is 0.382 e. The molecule has 0 heterocycles. The predicted octanol–water partition coefficient (Wildman–Crippen LogP) is 2.61. The number of ether oxygens (including phenoxy) is 2. The summed E-state index contributed by atoms with van der Waals surface area (Å²) in [6.07, 6.45) is -5.10. The minimum absolute atomic E-state index is 0.00606. The Bertz CT molecular complexity index is 198. The Morgan fingerprint density at radius 1 is 1.17 bits per heavy atom. The third kappa shape index (κ3) is 12.1. The van der Waals surface area contributed by atoms with Crippen molar-refractivity contribution in [1.82, 2.24) is 5.32 Å². The van der Waals surface area contributed by atoms with E-state index in [1.165, 1.54) is 0 Å². The highest BCUT2D eigenvalue weighted by atomic mass is 19.4. The van der Waals surface area contributed by atoms with Crippen molar-refractivity contribution in [3.05, 3.63) is 0 Å². The fraction of sp³-hybridized carbons (Fsp3) is 1.00. The van der Waals surface area contributed by atoms with E-state index in [0.717, 1.165) is 6.54 Å². The molecule has 0 aliphatic carbocycles. The van der Waals surface area contributed by atoms with Crippen LogP contribution in [0.5, 0.6) is 0 Å². The van der Waals surface area contributed by atoms with Crippen LogP contribution in [-0.4, -0.2) is 45.7 Å². The van der Waals surface area contributed by atoms with Crippen molar-refractivity contribution in [2.45, 2.75) is 39.0 Å². The van der Waals surface area contributed by atoms with Crippen molar-refractivity contribution < 1.29 is 22.6 Å². The number of rotatable bonds is 10. The van der Waals surface area contributed by atoms with Gasteiger partial charge in [-0.1, -0.05) is 13.8 Å². The molecule has 0 fully saturated rings. The summed E-state index contributed by atoms with van der Waals surface area (Å²) >= 11 is 0.